The van der Waals surface area contributed by atoms with E-state index in [1.54, 1.807) is 0 Å². The second kappa shape index (κ2) is 7.30. The zero-order chi connectivity index (χ0) is 14.3. The van der Waals surface area contributed by atoms with Crippen LogP contribution in [0, 0.1) is 11.8 Å². The van der Waals surface area contributed by atoms with Crippen molar-refractivity contribution in [1.29, 1.82) is 0 Å². The normalized spacial score (nSPS) is 11.3. The molecular formula is C16H23NO2. The highest BCUT2D eigenvalue weighted by atomic mass is 16.3. The van der Waals surface area contributed by atoms with Crippen LogP contribution in [0.15, 0.2) is 24.3 Å². The van der Waals surface area contributed by atoms with Crippen molar-refractivity contribution in [2.75, 3.05) is 19.7 Å². The zero-order valence-electron chi connectivity index (χ0n) is 12.0. The molecule has 0 saturated heterocycles. The average molecular weight is 261 g/mol. The van der Waals surface area contributed by atoms with E-state index in [0.29, 0.717) is 6.54 Å². The summed E-state index contributed by atoms with van der Waals surface area (Å²) in [5.74, 6) is 5.50. The Morgan fingerprint density at radius 3 is 2.32 bits per heavy atom. The zero-order valence-corrected chi connectivity index (χ0v) is 12.0. The number of rotatable bonds is 5. The molecule has 0 aromatic heterocycles. The van der Waals surface area contributed by atoms with Gasteiger partial charge in [0, 0.05) is 18.7 Å². The van der Waals surface area contributed by atoms with Crippen molar-refractivity contribution in [1.82, 2.24) is 4.90 Å². The molecule has 0 saturated carbocycles. The molecule has 0 aliphatic rings. The van der Waals surface area contributed by atoms with E-state index in [1.807, 2.05) is 38.1 Å². The van der Waals surface area contributed by atoms with Crippen LogP contribution >= 0.6 is 0 Å². The van der Waals surface area contributed by atoms with E-state index < -0.39 is 5.60 Å². The maximum Gasteiger partial charge on any atom is 0.104 e. The lowest BCUT2D eigenvalue weighted by Crippen LogP contribution is -2.38. The van der Waals surface area contributed by atoms with Crippen molar-refractivity contribution < 1.29 is 10.2 Å². The maximum absolute atomic E-state index is 9.85. The molecule has 0 aliphatic carbocycles. The van der Waals surface area contributed by atoms with Crippen LogP contribution in [-0.2, 0) is 6.54 Å². The van der Waals surface area contributed by atoms with E-state index in [2.05, 4.69) is 23.7 Å². The summed E-state index contributed by atoms with van der Waals surface area (Å²) >= 11 is 0. The molecule has 0 spiro atoms. The van der Waals surface area contributed by atoms with Crippen LogP contribution in [0.3, 0.4) is 0 Å². The Hall–Kier alpha value is -1.34. The van der Waals surface area contributed by atoms with Crippen LogP contribution in [-0.4, -0.2) is 40.4 Å². The van der Waals surface area contributed by atoms with E-state index in [4.69, 9.17) is 5.11 Å². The van der Waals surface area contributed by atoms with Gasteiger partial charge in [0.1, 0.15) is 6.61 Å². The molecule has 0 unspecified atom stereocenters. The van der Waals surface area contributed by atoms with E-state index >= 15 is 0 Å². The summed E-state index contributed by atoms with van der Waals surface area (Å²) in [6.45, 7) is 7.98. The van der Waals surface area contributed by atoms with Gasteiger partial charge in [0.25, 0.3) is 0 Å². The van der Waals surface area contributed by atoms with Crippen molar-refractivity contribution in [3.05, 3.63) is 35.4 Å². The van der Waals surface area contributed by atoms with Gasteiger partial charge in [-0.15, -0.1) is 0 Å². The molecule has 3 nitrogen and oxygen atoms in total. The summed E-state index contributed by atoms with van der Waals surface area (Å²) in [6.07, 6.45) is 0. The first kappa shape index (κ1) is 15.7. The molecule has 1 rings (SSSR count). The first-order valence-corrected chi connectivity index (χ1v) is 6.58. The van der Waals surface area contributed by atoms with Crippen molar-refractivity contribution >= 4 is 0 Å². The van der Waals surface area contributed by atoms with E-state index in [-0.39, 0.29) is 6.61 Å². The summed E-state index contributed by atoms with van der Waals surface area (Å²) in [7, 11) is 0. The number of aliphatic hydroxyl groups is 2. The van der Waals surface area contributed by atoms with Crippen LogP contribution in [0.4, 0.5) is 0 Å². The highest BCUT2D eigenvalue weighted by Gasteiger charge is 2.17. The summed E-state index contributed by atoms with van der Waals surface area (Å²) in [6, 6.07) is 7.98. The number of likely N-dealkylation sites (N-methyl/N-ethyl adjacent to an activating group) is 1. The Bertz CT molecular complexity index is 435. The second-order valence-corrected chi connectivity index (χ2v) is 5.27. The highest BCUT2D eigenvalue weighted by molar-refractivity contribution is 5.36. The molecule has 1 aromatic rings. The topological polar surface area (TPSA) is 43.7 Å². The average Bonchev–Trinajstić information content (AvgIpc) is 2.35. The predicted molar refractivity (Wildman–Crippen MR) is 77.7 cm³/mol. The Labute approximate surface area is 115 Å². The van der Waals surface area contributed by atoms with Crippen LogP contribution in [0.5, 0.6) is 0 Å². The number of nitrogens with zero attached hydrogens (tertiary/aromatic N) is 1. The maximum atomic E-state index is 9.85. The minimum Gasteiger partial charge on any atom is -0.389 e. The van der Waals surface area contributed by atoms with Crippen molar-refractivity contribution in [3.63, 3.8) is 0 Å². The molecule has 0 aliphatic heterocycles. The molecule has 0 fully saturated rings. The van der Waals surface area contributed by atoms with E-state index in [0.717, 1.165) is 18.7 Å². The fraction of sp³-hybridized carbons (Fsp3) is 0.500. The molecule has 0 bridgehead atoms. The standard InChI is InChI=1S/C16H23NO2/c1-4-17(13-16(2,3)19)12-15-9-7-14(8-10-15)6-5-11-18/h7-10,18-19H,4,11-13H2,1-3H3. The molecule has 2 N–H and O–H groups in total. The first-order chi connectivity index (χ1) is 8.94. The molecule has 0 amide bonds. The third kappa shape index (κ3) is 6.40. The number of benzene rings is 1. The SMILES string of the molecule is CCN(Cc1ccc(C#CCO)cc1)CC(C)(C)O. The fourth-order valence-electron chi connectivity index (χ4n) is 1.92. The van der Waals surface area contributed by atoms with Gasteiger partial charge in [-0.2, -0.15) is 0 Å². The predicted octanol–water partition coefficient (Wildman–Crippen LogP) is 1.62. The summed E-state index contributed by atoms with van der Waals surface area (Å²) < 4.78 is 0. The molecule has 0 radical (unpaired) electrons. The van der Waals surface area contributed by atoms with E-state index in [9.17, 15) is 5.11 Å². The minimum absolute atomic E-state index is 0.114. The van der Waals surface area contributed by atoms with Gasteiger partial charge < -0.3 is 10.2 Å². The smallest absolute Gasteiger partial charge is 0.104 e. The second-order valence-electron chi connectivity index (χ2n) is 5.27. The van der Waals surface area contributed by atoms with Crippen molar-refractivity contribution in [2.45, 2.75) is 32.9 Å². The molecule has 0 atom stereocenters. The van der Waals surface area contributed by atoms with Gasteiger partial charge in [-0.3, -0.25) is 4.90 Å². The lowest BCUT2D eigenvalue weighted by Gasteiger charge is -2.28. The van der Waals surface area contributed by atoms with Gasteiger partial charge in [-0.1, -0.05) is 30.9 Å². The third-order valence-corrected chi connectivity index (χ3v) is 2.73. The minimum atomic E-state index is -0.678. The third-order valence-electron chi connectivity index (χ3n) is 2.73. The Balaban J connectivity index is 2.65. The summed E-state index contributed by atoms with van der Waals surface area (Å²) in [4.78, 5) is 2.20. The molecule has 1 aromatic carbocycles. The molecule has 0 heterocycles. The van der Waals surface area contributed by atoms with Crippen molar-refractivity contribution in [3.8, 4) is 11.8 Å². The summed E-state index contributed by atoms with van der Waals surface area (Å²) in [5.41, 5.74) is 1.42. The van der Waals surface area contributed by atoms with Crippen molar-refractivity contribution in [2.24, 2.45) is 0 Å². The van der Waals surface area contributed by atoms with Crippen LogP contribution in [0.1, 0.15) is 31.9 Å². The van der Waals surface area contributed by atoms with E-state index in [1.165, 1.54) is 5.56 Å². The Morgan fingerprint density at radius 1 is 1.21 bits per heavy atom. The van der Waals surface area contributed by atoms with Gasteiger partial charge >= 0.3 is 0 Å². The van der Waals surface area contributed by atoms with Gasteiger partial charge in [0.05, 0.1) is 5.60 Å². The molecule has 19 heavy (non-hydrogen) atoms. The number of hydrogen-bond donors (Lipinski definition) is 2. The Morgan fingerprint density at radius 2 is 1.84 bits per heavy atom. The van der Waals surface area contributed by atoms with Crippen LogP contribution in [0.25, 0.3) is 0 Å². The van der Waals surface area contributed by atoms with Gasteiger partial charge in [-0.25, -0.2) is 0 Å². The number of aliphatic hydroxyl groups excluding tert-OH is 1. The molecule has 104 valence electrons. The van der Waals surface area contributed by atoms with Crippen LogP contribution < -0.4 is 0 Å². The lowest BCUT2D eigenvalue weighted by molar-refractivity contribution is 0.0353. The fourth-order valence-corrected chi connectivity index (χ4v) is 1.92. The lowest BCUT2D eigenvalue weighted by atomic mass is 10.1. The Kier molecular flexibility index (Phi) is 6.04. The monoisotopic (exact) mass is 261 g/mol. The first-order valence-electron chi connectivity index (χ1n) is 6.58. The largest absolute Gasteiger partial charge is 0.389 e. The van der Waals surface area contributed by atoms with Gasteiger partial charge in [-0.05, 0) is 38.1 Å². The van der Waals surface area contributed by atoms with Crippen LogP contribution in [0.2, 0.25) is 0 Å². The van der Waals surface area contributed by atoms with Gasteiger partial charge in [0.15, 0.2) is 0 Å². The number of hydrogen-bond acceptors (Lipinski definition) is 3. The quantitative estimate of drug-likeness (QED) is 0.792. The molecular weight excluding hydrogens is 238 g/mol. The highest BCUT2D eigenvalue weighted by Crippen LogP contribution is 2.10. The molecule has 3 heteroatoms. The van der Waals surface area contributed by atoms with Gasteiger partial charge in [0.2, 0.25) is 0 Å². The summed E-state index contributed by atoms with van der Waals surface area (Å²) in [5, 5.41) is 18.5.